The summed E-state index contributed by atoms with van der Waals surface area (Å²) in [6, 6.07) is 4.25. The highest BCUT2D eigenvalue weighted by Crippen LogP contribution is 2.60. The lowest BCUT2D eigenvalue weighted by atomic mass is 9.90. The van der Waals surface area contributed by atoms with Gasteiger partial charge in [0.15, 0.2) is 11.6 Å². The van der Waals surface area contributed by atoms with Crippen LogP contribution in [0.1, 0.15) is 182 Å². The van der Waals surface area contributed by atoms with E-state index in [1.807, 2.05) is 19.9 Å². The molecular weight excluding hydrogens is 1140 g/mol. The molecule has 82 heavy (non-hydrogen) atoms. The van der Waals surface area contributed by atoms with Crippen molar-refractivity contribution in [2.75, 3.05) is 27.3 Å². The Balaban J connectivity index is 0.000000240. The highest BCUT2D eigenvalue weighted by Gasteiger charge is 2.63. The van der Waals surface area contributed by atoms with Crippen LogP contribution in [-0.2, 0) is 71.6 Å². The van der Waals surface area contributed by atoms with Crippen molar-refractivity contribution in [3.63, 3.8) is 0 Å². The lowest BCUT2D eigenvalue weighted by molar-refractivity contribution is -0.159. The van der Waals surface area contributed by atoms with E-state index < -0.39 is 86.6 Å². The molecule has 8 aliphatic rings. The van der Waals surface area contributed by atoms with Gasteiger partial charge >= 0.3 is 23.9 Å². The van der Waals surface area contributed by atoms with E-state index in [9.17, 15) is 51.9 Å². The normalized spacial score (nSPS) is 33.6. The summed E-state index contributed by atoms with van der Waals surface area (Å²) in [5, 5.41) is 10.3. The molecule has 4 aliphatic heterocycles. The Morgan fingerprint density at radius 3 is 1.82 bits per heavy atom. The predicted molar refractivity (Wildman–Crippen MR) is 305 cm³/mol. The number of Topliss-reactive ketones (excluding diaryl/α,β-unsaturated/α-hetero) is 2. The van der Waals surface area contributed by atoms with Gasteiger partial charge in [-0.15, -0.1) is 0 Å². The number of ketones is 2. The molecule has 18 nitrogen and oxygen atoms in total. The molecule has 2 amide bonds. The van der Waals surface area contributed by atoms with Gasteiger partial charge in [-0.25, -0.2) is 0 Å². The Kier molecular flexibility index (Phi) is 22.3. The second-order valence-corrected chi connectivity index (χ2v) is 27.7. The lowest BCUT2D eigenvalue weighted by Crippen LogP contribution is -2.45. The minimum atomic E-state index is -4.19. The molecule has 9 rings (SSSR count). The molecule has 1 N–H and O–H groups in total. The summed E-state index contributed by atoms with van der Waals surface area (Å²) in [5.74, 6) is -2.91. The molecule has 0 bridgehead atoms. The quantitative estimate of drug-likeness (QED) is 0.0992. The molecule has 4 aliphatic carbocycles. The third-order valence-corrected chi connectivity index (χ3v) is 20.0. The van der Waals surface area contributed by atoms with Gasteiger partial charge in [-0.3, -0.25) is 42.5 Å². The van der Waals surface area contributed by atoms with E-state index in [2.05, 4.69) is 22.0 Å². The van der Waals surface area contributed by atoms with Crippen LogP contribution in [-0.4, -0.2) is 134 Å². The van der Waals surface area contributed by atoms with Gasteiger partial charge < -0.3 is 33.9 Å². The number of allylic oxidation sites excluding steroid dienone is 2. The number of aliphatic hydroxyl groups is 1. The summed E-state index contributed by atoms with van der Waals surface area (Å²) in [7, 11) is -1.54. The first-order chi connectivity index (χ1) is 38.9. The number of carbonyl (C=O) groups is 8. The van der Waals surface area contributed by atoms with Crippen LogP contribution >= 0.6 is 15.9 Å². The Bertz CT molecular complexity index is 2610. The Morgan fingerprint density at radius 1 is 0.671 bits per heavy atom. The average Bonchev–Trinajstić information content (AvgIpc) is 3.10. The second kappa shape index (κ2) is 28.1. The average molecular weight is 1230 g/mol. The molecular formula is C62H89BrN2O16S. The Hall–Kier alpha value is -4.53. The van der Waals surface area contributed by atoms with Gasteiger partial charge in [0.05, 0.1) is 67.1 Å². The number of hydrogen-bond donors (Lipinski definition) is 1. The zero-order chi connectivity index (χ0) is 59.7. The van der Waals surface area contributed by atoms with E-state index in [0.29, 0.717) is 42.0 Å². The summed E-state index contributed by atoms with van der Waals surface area (Å²) in [6.07, 6.45) is 16.0. The number of methoxy groups -OCH3 is 2. The van der Waals surface area contributed by atoms with E-state index >= 15 is 0 Å². The SMILES string of the molecule is CC.COC(=O)[C@]12CC(=O)[C@@H]3C[C@H](O)CN3C(=O)[C@@H](CC(=O)OC(C)(C)C)CCCCC/C=C\[C@@H]1C2.COC(=O)[C@]12CC(=O)[C@@H]3C[C@H](OS(=O)(=O)c4ccc(Br)cc4)CN3C(=O)[C@@H](CC(=O)OC3C[C@@H]4C[C@@H]4C3)CCCCCCC[C@@H]1C2. The standard InChI is InChI=1S/C34H44BrNO9S.C26H39NO7.C2H6/c1-43-33(40)34-18-24(34)8-6-4-2-3-5-7-21(16-31(38)44-26-14-22-13-23(22)15-26)32(39)36-20-27(17-29(36)30(37)19-34)45-46(41,42)28-11-9-25(35)10-12-28;1-25(2,3)34-22(30)12-17-10-8-6-5-7-9-11-18-14-26(18,24(32)33-4)15-21(29)20-13-19(28)16-27(20)23(17)31;1-2/h9-12,21-24,26-27,29H,2-8,13-20H2,1H3;9,11,17-20,28H,5-8,10,12-16H2,1-4H3;1-2H3/b;11-9-;/t21-,22-,23+,24-,26?,27+,29+,34-;17-,18-,19+,20+,26-;/m11./s1. The van der Waals surface area contributed by atoms with Crippen LogP contribution in [0.3, 0.4) is 0 Å². The molecule has 3 saturated heterocycles. The number of nitrogens with zero attached hydrogens (tertiary/aromatic N) is 2. The van der Waals surface area contributed by atoms with Crippen molar-refractivity contribution in [2.45, 2.75) is 223 Å². The van der Waals surface area contributed by atoms with E-state index in [0.717, 1.165) is 77.0 Å². The third-order valence-electron chi connectivity index (χ3n) is 18.1. The van der Waals surface area contributed by atoms with Gasteiger partial charge in [0.1, 0.15) is 11.7 Å². The van der Waals surface area contributed by atoms with Crippen LogP contribution in [0.25, 0.3) is 0 Å². The molecule has 1 aromatic rings. The molecule has 13 atom stereocenters. The third kappa shape index (κ3) is 16.5. The summed E-state index contributed by atoms with van der Waals surface area (Å²) >= 11 is 3.30. The first kappa shape index (κ1) is 65.0. The maximum absolute atomic E-state index is 14.3. The first-order valence-electron chi connectivity index (χ1n) is 30.2. The number of carbonyl (C=O) groups excluding carboxylic acids is 8. The molecule has 0 spiro atoms. The minimum absolute atomic E-state index is 0.0213. The van der Waals surface area contributed by atoms with Crippen LogP contribution in [0.4, 0.5) is 0 Å². The zero-order valence-electron chi connectivity index (χ0n) is 49.2. The van der Waals surface area contributed by atoms with Crippen LogP contribution in [0, 0.1) is 46.3 Å². The molecule has 4 heterocycles. The van der Waals surface area contributed by atoms with E-state index in [-0.39, 0.29) is 97.8 Å². The maximum Gasteiger partial charge on any atom is 0.312 e. The summed E-state index contributed by atoms with van der Waals surface area (Å²) < 4.78 is 54.2. The predicted octanol–water partition coefficient (Wildman–Crippen LogP) is 9.34. The van der Waals surface area contributed by atoms with Gasteiger partial charge in [0.2, 0.25) is 11.8 Å². The number of amides is 2. The first-order valence-corrected chi connectivity index (χ1v) is 32.4. The van der Waals surface area contributed by atoms with Crippen LogP contribution in [0.15, 0.2) is 45.8 Å². The van der Waals surface area contributed by atoms with Crippen molar-refractivity contribution < 1.29 is 75.0 Å². The van der Waals surface area contributed by atoms with Gasteiger partial charge in [0.25, 0.3) is 10.1 Å². The summed E-state index contributed by atoms with van der Waals surface area (Å²) in [5.41, 5.74) is -2.47. The maximum atomic E-state index is 14.3. The number of rotatable bonds is 10. The topological polar surface area (TPSA) is 244 Å². The number of halogens is 1. The molecule has 0 radical (unpaired) electrons. The number of benzene rings is 1. The molecule has 7 fully saturated rings. The number of fused-ring (bicyclic) bond motifs is 5. The molecule has 1 unspecified atom stereocenters. The van der Waals surface area contributed by atoms with Crippen LogP contribution in [0.5, 0.6) is 0 Å². The van der Waals surface area contributed by atoms with Gasteiger partial charge in [-0.2, -0.15) is 8.42 Å². The van der Waals surface area contributed by atoms with E-state index in [1.165, 1.54) is 42.6 Å². The van der Waals surface area contributed by atoms with Crippen LogP contribution < -0.4 is 0 Å². The number of aliphatic hydroxyl groups excluding tert-OH is 1. The fourth-order valence-electron chi connectivity index (χ4n) is 13.5. The van der Waals surface area contributed by atoms with Gasteiger partial charge in [0, 0.05) is 55.1 Å². The zero-order valence-corrected chi connectivity index (χ0v) is 51.6. The van der Waals surface area contributed by atoms with Crippen molar-refractivity contribution in [3.8, 4) is 0 Å². The lowest BCUT2D eigenvalue weighted by Gasteiger charge is -2.29. The highest BCUT2D eigenvalue weighted by molar-refractivity contribution is 9.10. The van der Waals surface area contributed by atoms with Crippen molar-refractivity contribution in [3.05, 3.63) is 40.9 Å². The second-order valence-electron chi connectivity index (χ2n) is 25.2. The smallest absolute Gasteiger partial charge is 0.312 e. The number of esters is 4. The van der Waals surface area contributed by atoms with Gasteiger partial charge in [-0.1, -0.05) is 86.9 Å². The highest BCUT2D eigenvalue weighted by atomic mass is 79.9. The summed E-state index contributed by atoms with van der Waals surface area (Å²) in [4.78, 5) is 109. The van der Waals surface area contributed by atoms with E-state index in [4.69, 9.17) is 23.1 Å². The number of ether oxygens (including phenoxy) is 4. The minimum Gasteiger partial charge on any atom is -0.469 e. The van der Waals surface area contributed by atoms with Crippen molar-refractivity contribution in [1.82, 2.24) is 9.80 Å². The molecule has 4 saturated carbocycles. The van der Waals surface area contributed by atoms with Gasteiger partial charge in [-0.05, 0) is 133 Å². The fraction of sp³-hybridized carbons (Fsp3) is 0.742. The molecule has 20 heteroatoms. The van der Waals surface area contributed by atoms with Crippen LogP contribution in [0.2, 0.25) is 0 Å². The monoisotopic (exact) mass is 1230 g/mol. The van der Waals surface area contributed by atoms with Crippen molar-refractivity contribution >= 4 is 73.3 Å². The number of hydrogen-bond acceptors (Lipinski definition) is 16. The van der Waals surface area contributed by atoms with E-state index in [1.54, 1.807) is 32.9 Å². The molecule has 456 valence electrons. The molecule has 1 aromatic carbocycles. The summed E-state index contributed by atoms with van der Waals surface area (Å²) in [6.45, 7) is 9.28. The Morgan fingerprint density at radius 2 is 1.21 bits per heavy atom. The van der Waals surface area contributed by atoms with Crippen molar-refractivity contribution in [2.24, 2.45) is 46.3 Å². The fourth-order valence-corrected chi connectivity index (χ4v) is 14.9. The van der Waals surface area contributed by atoms with Crippen molar-refractivity contribution in [1.29, 1.82) is 0 Å². The largest absolute Gasteiger partial charge is 0.469 e. The Labute approximate surface area is 493 Å². The molecule has 0 aromatic heterocycles.